The number of halogens is 2. The van der Waals surface area contributed by atoms with Crippen molar-refractivity contribution in [1.29, 1.82) is 0 Å². The molecular weight excluding hydrogens is 240 g/mol. The van der Waals surface area contributed by atoms with Gasteiger partial charge in [0.05, 0.1) is 7.11 Å². The number of carbonyl (C=O) groups is 1. The first-order chi connectivity index (χ1) is 8.49. The number of hydrogen-bond acceptors (Lipinski definition) is 3. The summed E-state index contributed by atoms with van der Waals surface area (Å²) in [5.41, 5.74) is 0.580. The molecule has 1 N–H and O–H groups in total. The summed E-state index contributed by atoms with van der Waals surface area (Å²) in [6.07, 6.45) is 0.556. The number of esters is 1. The second-order valence-electron chi connectivity index (χ2n) is 4.05. The summed E-state index contributed by atoms with van der Waals surface area (Å²) in [4.78, 5) is 11.4. The lowest BCUT2D eigenvalue weighted by molar-refractivity contribution is -0.143. The monoisotopic (exact) mass is 257 g/mol. The van der Waals surface area contributed by atoms with Crippen LogP contribution in [0.4, 0.5) is 8.78 Å². The maximum absolute atomic E-state index is 13.1. The molecule has 3 nitrogen and oxygen atoms in total. The maximum Gasteiger partial charge on any atom is 0.322 e. The van der Waals surface area contributed by atoms with E-state index in [9.17, 15) is 13.6 Å². The first-order valence-electron chi connectivity index (χ1n) is 5.78. The van der Waals surface area contributed by atoms with Crippen LogP contribution in [0.3, 0.4) is 0 Å². The van der Waals surface area contributed by atoms with Gasteiger partial charge in [0.2, 0.25) is 0 Å². The molecule has 0 fully saturated rings. The molecule has 1 aromatic carbocycles. The van der Waals surface area contributed by atoms with Crippen molar-refractivity contribution in [3.63, 3.8) is 0 Å². The van der Waals surface area contributed by atoms with Gasteiger partial charge in [-0.15, -0.1) is 0 Å². The Labute approximate surface area is 105 Å². The zero-order chi connectivity index (χ0) is 13.7. The van der Waals surface area contributed by atoms with Crippen molar-refractivity contribution in [3.8, 4) is 0 Å². The fourth-order valence-corrected chi connectivity index (χ4v) is 1.67. The highest BCUT2D eigenvalue weighted by Gasteiger charge is 2.20. The van der Waals surface area contributed by atoms with Gasteiger partial charge in [-0.2, -0.15) is 0 Å². The van der Waals surface area contributed by atoms with Crippen LogP contribution in [0.5, 0.6) is 0 Å². The number of methoxy groups -OCH3 is 1. The minimum absolute atomic E-state index is 0.274. The lowest BCUT2D eigenvalue weighted by Crippen LogP contribution is -2.38. The number of hydrogen-bond donors (Lipinski definition) is 1. The van der Waals surface area contributed by atoms with Crippen molar-refractivity contribution >= 4 is 5.97 Å². The number of nitrogens with one attached hydrogen (secondary N) is 1. The smallest absolute Gasteiger partial charge is 0.322 e. The zero-order valence-electron chi connectivity index (χ0n) is 10.7. The molecule has 0 bridgehead atoms. The van der Waals surface area contributed by atoms with E-state index in [1.807, 2.05) is 6.92 Å². The molecule has 5 heteroatoms. The number of rotatable bonds is 5. The molecule has 0 spiro atoms. The first kappa shape index (κ1) is 14.6. The maximum atomic E-state index is 13.1. The zero-order valence-corrected chi connectivity index (χ0v) is 10.7. The molecule has 1 aromatic rings. The molecule has 0 heterocycles. The fourth-order valence-electron chi connectivity index (χ4n) is 1.67. The van der Waals surface area contributed by atoms with Crippen molar-refractivity contribution in [1.82, 2.24) is 5.32 Å². The third-order valence-corrected chi connectivity index (χ3v) is 2.79. The molecule has 0 saturated heterocycles. The highest BCUT2D eigenvalue weighted by molar-refractivity contribution is 5.75. The van der Waals surface area contributed by atoms with Crippen molar-refractivity contribution in [3.05, 3.63) is 35.4 Å². The van der Waals surface area contributed by atoms with Crippen LogP contribution in [0.1, 0.15) is 31.9 Å². The topological polar surface area (TPSA) is 38.3 Å². The van der Waals surface area contributed by atoms with Gasteiger partial charge >= 0.3 is 5.97 Å². The summed E-state index contributed by atoms with van der Waals surface area (Å²) in [5.74, 6) is -2.15. The third kappa shape index (κ3) is 3.50. The molecule has 0 radical (unpaired) electrons. The molecule has 0 saturated carbocycles. The van der Waals surface area contributed by atoms with E-state index >= 15 is 0 Å². The largest absolute Gasteiger partial charge is 0.468 e. The minimum atomic E-state index is -0.896. The quantitative estimate of drug-likeness (QED) is 0.824. The van der Waals surface area contributed by atoms with Crippen LogP contribution in [0.15, 0.2) is 18.2 Å². The molecule has 18 heavy (non-hydrogen) atoms. The summed E-state index contributed by atoms with van der Waals surface area (Å²) in [5, 5.41) is 3.02. The average Bonchev–Trinajstić information content (AvgIpc) is 2.37. The van der Waals surface area contributed by atoms with Gasteiger partial charge in [-0.3, -0.25) is 10.1 Å². The second kappa shape index (κ2) is 6.44. The predicted molar refractivity (Wildman–Crippen MR) is 64.0 cm³/mol. The van der Waals surface area contributed by atoms with Crippen LogP contribution in [-0.4, -0.2) is 19.1 Å². The summed E-state index contributed by atoms with van der Waals surface area (Å²) in [6.45, 7) is 3.62. The van der Waals surface area contributed by atoms with Crippen LogP contribution in [0.25, 0.3) is 0 Å². The average molecular weight is 257 g/mol. The van der Waals surface area contributed by atoms with Gasteiger partial charge in [0, 0.05) is 6.04 Å². The van der Waals surface area contributed by atoms with E-state index in [-0.39, 0.29) is 12.0 Å². The van der Waals surface area contributed by atoms with Crippen molar-refractivity contribution in [2.45, 2.75) is 32.4 Å². The normalized spacial score (nSPS) is 14.1. The van der Waals surface area contributed by atoms with Crippen molar-refractivity contribution in [2.75, 3.05) is 7.11 Å². The highest BCUT2D eigenvalue weighted by Crippen LogP contribution is 2.17. The molecular formula is C13H17F2NO2. The standard InChI is InChI=1S/C13H17F2NO2/c1-4-12(13(17)18-3)16-8(2)9-5-6-10(14)11(15)7-9/h5-8,12,16H,4H2,1-3H3. The van der Waals surface area contributed by atoms with Crippen molar-refractivity contribution in [2.24, 2.45) is 0 Å². The Bertz CT molecular complexity index is 423. The molecule has 2 unspecified atom stereocenters. The Morgan fingerprint density at radius 3 is 2.56 bits per heavy atom. The van der Waals surface area contributed by atoms with Crippen LogP contribution < -0.4 is 5.32 Å². The van der Waals surface area contributed by atoms with Gasteiger partial charge in [-0.05, 0) is 31.0 Å². The Kier molecular flexibility index (Phi) is 5.22. The van der Waals surface area contributed by atoms with Gasteiger partial charge in [-0.1, -0.05) is 13.0 Å². The molecule has 0 aliphatic heterocycles. The number of ether oxygens (including phenoxy) is 1. The van der Waals surface area contributed by atoms with E-state index in [1.54, 1.807) is 6.92 Å². The SMILES string of the molecule is CCC(NC(C)c1ccc(F)c(F)c1)C(=O)OC. The van der Waals surface area contributed by atoms with E-state index in [4.69, 9.17) is 0 Å². The summed E-state index contributed by atoms with van der Waals surface area (Å²) < 4.78 is 30.5. The van der Waals surface area contributed by atoms with E-state index in [2.05, 4.69) is 10.1 Å². The third-order valence-electron chi connectivity index (χ3n) is 2.79. The summed E-state index contributed by atoms with van der Waals surface area (Å²) in [6, 6.07) is 2.95. The Morgan fingerprint density at radius 1 is 1.39 bits per heavy atom. The van der Waals surface area contributed by atoms with Gasteiger partial charge in [-0.25, -0.2) is 8.78 Å². The van der Waals surface area contributed by atoms with Crippen LogP contribution >= 0.6 is 0 Å². The van der Waals surface area contributed by atoms with E-state index in [1.165, 1.54) is 13.2 Å². The van der Waals surface area contributed by atoms with E-state index < -0.39 is 17.7 Å². The Morgan fingerprint density at radius 2 is 2.06 bits per heavy atom. The van der Waals surface area contributed by atoms with Crippen LogP contribution in [-0.2, 0) is 9.53 Å². The lowest BCUT2D eigenvalue weighted by Gasteiger charge is -2.20. The molecule has 1 rings (SSSR count). The molecule has 0 aromatic heterocycles. The minimum Gasteiger partial charge on any atom is -0.468 e. The summed E-state index contributed by atoms with van der Waals surface area (Å²) in [7, 11) is 1.31. The van der Waals surface area contributed by atoms with Crippen LogP contribution in [0, 0.1) is 11.6 Å². The molecule has 0 amide bonds. The van der Waals surface area contributed by atoms with E-state index in [0.717, 1.165) is 12.1 Å². The predicted octanol–water partition coefficient (Wildman–Crippen LogP) is 2.57. The number of carbonyl (C=O) groups excluding carboxylic acids is 1. The number of benzene rings is 1. The Hall–Kier alpha value is -1.49. The van der Waals surface area contributed by atoms with Gasteiger partial charge < -0.3 is 4.74 Å². The second-order valence-corrected chi connectivity index (χ2v) is 4.05. The van der Waals surface area contributed by atoms with Gasteiger partial charge in [0.25, 0.3) is 0 Å². The molecule has 100 valence electrons. The summed E-state index contributed by atoms with van der Waals surface area (Å²) >= 11 is 0. The van der Waals surface area contributed by atoms with Gasteiger partial charge in [0.15, 0.2) is 11.6 Å². The van der Waals surface area contributed by atoms with E-state index in [0.29, 0.717) is 12.0 Å². The fraction of sp³-hybridized carbons (Fsp3) is 0.462. The molecule has 0 aliphatic carbocycles. The molecule has 0 aliphatic rings. The molecule has 2 atom stereocenters. The lowest BCUT2D eigenvalue weighted by atomic mass is 10.1. The van der Waals surface area contributed by atoms with Crippen LogP contribution in [0.2, 0.25) is 0 Å². The first-order valence-corrected chi connectivity index (χ1v) is 5.78. The van der Waals surface area contributed by atoms with Crippen molar-refractivity contribution < 1.29 is 18.3 Å². The van der Waals surface area contributed by atoms with Gasteiger partial charge in [0.1, 0.15) is 6.04 Å². The highest BCUT2D eigenvalue weighted by atomic mass is 19.2. The Balaban J connectivity index is 2.77.